The maximum absolute atomic E-state index is 10.6. The zero-order valence-corrected chi connectivity index (χ0v) is 18.9. The minimum absolute atomic E-state index is 0. The molecule has 0 fully saturated rings. The van der Waals surface area contributed by atoms with E-state index in [0.717, 1.165) is 42.5 Å². The Morgan fingerprint density at radius 3 is 2.72 bits per heavy atom. The first-order valence-electron chi connectivity index (χ1n) is 8.27. The summed E-state index contributed by atoms with van der Waals surface area (Å²) in [6, 6.07) is 3.88. The fourth-order valence-corrected chi connectivity index (χ4v) is 3.73. The maximum atomic E-state index is 10.6. The van der Waals surface area contributed by atoms with Gasteiger partial charge in [-0.25, -0.2) is 9.98 Å². The number of nitrogens with one attached hydrogen (secondary N) is 2. The number of aromatic nitrogens is 1. The summed E-state index contributed by atoms with van der Waals surface area (Å²) in [5, 5.41) is 22.4. The number of aryl methyl sites for hydroxylation is 1. The van der Waals surface area contributed by atoms with E-state index in [1.165, 1.54) is 5.01 Å². The van der Waals surface area contributed by atoms with Crippen LogP contribution in [0.3, 0.4) is 0 Å². The lowest BCUT2D eigenvalue weighted by Crippen LogP contribution is -2.39. The Labute approximate surface area is 175 Å². The monoisotopic (exact) mass is 494 g/mol. The lowest BCUT2D eigenvalue weighted by Gasteiger charge is -2.20. The summed E-state index contributed by atoms with van der Waals surface area (Å²) in [7, 11) is 0. The third-order valence-corrected chi connectivity index (χ3v) is 5.68. The van der Waals surface area contributed by atoms with Crippen LogP contribution in [0.25, 0.3) is 0 Å². The van der Waals surface area contributed by atoms with Crippen molar-refractivity contribution >= 4 is 52.6 Å². The van der Waals surface area contributed by atoms with E-state index in [1.54, 1.807) is 29.6 Å². The molecule has 140 valence electrons. The Morgan fingerprint density at radius 2 is 2.12 bits per heavy atom. The molecule has 0 aromatic carbocycles. The molecule has 2 heterocycles. The van der Waals surface area contributed by atoms with Crippen LogP contribution in [0.1, 0.15) is 36.3 Å². The molecule has 1 atom stereocenters. The second-order valence-corrected chi connectivity index (χ2v) is 7.60. The first-order valence-corrected chi connectivity index (χ1v) is 10.0. The van der Waals surface area contributed by atoms with Crippen LogP contribution in [0.4, 0.5) is 0 Å². The molecule has 0 aliphatic carbocycles. The van der Waals surface area contributed by atoms with Gasteiger partial charge < -0.3 is 15.7 Å². The Morgan fingerprint density at radius 1 is 1.32 bits per heavy atom. The highest BCUT2D eigenvalue weighted by atomic mass is 127. The van der Waals surface area contributed by atoms with Crippen molar-refractivity contribution in [3.63, 3.8) is 0 Å². The zero-order valence-electron chi connectivity index (χ0n) is 14.9. The van der Waals surface area contributed by atoms with Crippen LogP contribution in [-0.4, -0.2) is 35.7 Å². The molecule has 0 saturated carbocycles. The number of aliphatic imine (C=N–C) groups is 1. The average molecular weight is 494 g/mol. The molecule has 0 spiro atoms. The lowest BCUT2D eigenvalue weighted by atomic mass is 10.1. The molecule has 3 N–H and O–H groups in total. The van der Waals surface area contributed by atoms with E-state index in [9.17, 15) is 5.11 Å². The van der Waals surface area contributed by atoms with Gasteiger partial charge in [-0.15, -0.1) is 46.7 Å². The minimum atomic E-state index is -0.943. The Balaban J connectivity index is 0.00000312. The molecule has 0 amide bonds. The Kier molecular flexibility index (Phi) is 9.91. The van der Waals surface area contributed by atoms with Gasteiger partial charge in [0.2, 0.25) is 0 Å². The van der Waals surface area contributed by atoms with Gasteiger partial charge in [-0.05, 0) is 31.7 Å². The predicted molar refractivity (Wildman–Crippen MR) is 118 cm³/mol. The molecule has 2 aromatic heterocycles. The molecular weight excluding hydrogens is 467 g/mol. The second kappa shape index (κ2) is 11.1. The fourth-order valence-electron chi connectivity index (χ4n) is 2.17. The highest BCUT2D eigenvalue weighted by Crippen LogP contribution is 2.25. The number of hydrogen-bond donors (Lipinski definition) is 3. The van der Waals surface area contributed by atoms with Gasteiger partial charge in [-0.1, -0.05) is 13.0 Å². The van der Waals surface area contributed by atoms with Gasteiger partial charge in [0.1, 0.15) is 5.60 Å². The standard InChI is InChI=1S/C17H26N4OS2.HI/c1-4-15-21-13(11-24-15)8-9-19-16(18-5-2)20-12-17(3,22)14-7-6-10-23-14;/h6-7,10-11,22H,4-5,8-9,12H2,1-3H3,(H2,18,19,20);1H. The molecule has 0 aliphatic rings. The summed E-state index contributed by atoms with van der Waals surface area (Å²) in [5.41, 5.74) is 0.173. The zero-order chi connectivity index (χ0) is 17.4. The van der Waals surface area contributed by atoms with E-state index in [1.807, 2.05) is 24.4 Å². The normalized spacial score (nSPS) is 13.8. The summed E-state index contributed by atoms with van der Waals surface area (Å²) in [5.74, 6) is 0.722. The Bertz CT molecular complexity index is 641. The summed E-state index contributed by atoms with van der Waals surface area (Å²) < 4.78 is 0. The molecule has 0 radical (unpaired) electrons. The fraction of sp³-hybridized carbons (Fsp3) is 0.529. The number of aliphatic hydroxyl groups is 1. The molecule has 1 unspecified atom stereocenters. The molecule has 25 heavy (non-hydrogen) atoms. The largest absolute Gasteiger partial charge is 0.383 e. The summed E-state index contributed by atoms with van der Waals surface area (Å²) in [6.45, 7) is 7.81. The van der Waals surface area contributed by atoms with Crippen LogP contribution < -0.4 is 10.6 Å². The molecular formula is C17H27IN4OS2. The molecule has 0 bridgehead atoms. The van der Waals surface area contributed by atoms with E-state index in [-0.39, 0.29) is 24.0 Å². The second-order valence-electron chi connectivity index (χ2n) is 5.71. The first kappa shape index (κ1) is 22.3. The maximum Gasteiger partial charge on any atom is 0.191 e. The van der Waals surface area contributed by atoms with Crippen molar-refractivity contribution in [3.8, 4) is 0 Å². The topological polar surface area (TPSA) is 69.5 Å². The highest BCUT2D eigenvalue weighted by Gasteiger charge is 2.23. The third-order valence-electron chi connectivity index (χ3n) is 3.52. The van der Waals surface area contributed by atoms with E-state index in [0.29, 0.717) is 6.54 Å². The van der Waals surface area contributed by atoms with Crippen molar-refractivity contribution in [1.82, 2.24) is 15.6 Å². The highest BCUT2D eigenvalue weighted by molar-refractivity contribution is 14.0. The summed E-state index contributed by atoms with van der Waals surface area (Å²) >= 11 is 3.26. The Hall–Kier alpha value is -0.710. The van der Waals surface area contributed by atoms with E-state index >= 15 is 0 Å². The van der Waals surface area contributed by atoms with Crippen LogP contribution in [0, 0.1) is 0 Å². The van der Waals surface area contributed by atoms with E-state index in [2.05, 4.69) is 32.9 Å². The van der Waals surface area contributed by atoms with Gasteiger partial charge in [-0.3, -0.25) is 0 Å². The van der Waals surface area contributed by atoms with Crippen LogP contribution in [-0.2, 0) is 18.4 Å². The van der Waals surface area contributed by atoms with Crippen molar-refractivity contribution in [1.29, 1.82) is 0 Å². The van der Waals surface area contributed by atoms with Crippen molar-refractivity contribution < 1.29 is 5.11 Å². The first-order chi connectivity index (χ1) is 11.5. The average Bonchev–Trinajstić information content (AvgIpc) is 3.24. The van der Waals surface area contributed by atoms with Gasteiger partial charge in [0, 0.05) is 29.8 Å². The van der Waals surface area contributed by atoms with Gasteiger partial charge in [-0.2, -0.15) is 0 Å². The van der Waals surface area contributed by atoms with Crippen LogP contribution in [0.2, 0.25) is 0 Å². The van der Waals surface area contributed by atoms with Crippen LogP contribution >= 0.6 is 46.7 Å². The number of hydrogen-bond acceptors (Lipinski definition) is 5. The molecule has 0 saturated heterocycles. The molecule has 5 nitrogen and oxygen atoms in total. The number of thiazole rings is 1. The minimum Gasteiger partial charge on any atom is -0.383 e. The quantitative estimate of drug-likeness (QED) is 0.299. The predicted octanol–water partition coefficient (Wildman–Crippen LogP) is 3.39. The van der Waals surface area contributed by atoms with E-state index in [4.69, 9.17) is 0 Å². The van der Waals surface area contributed by atoms with Gasteiger partial charge in [0.15, 0.2) is 5.96 Å². The van der Waals surface area contributed by atoms with Crippen molar-refractivity contribution in [2.75, 3.05) is 19.6 Å². The van der Waals surface area contributed by atoms with Crippen molar-refractivity contribution in [3.05, 3.63) is 38.5 Å². The van der Waals surface area contributed by atoms with E-state index < -0.39 is 5.60 Å². The summed E-state index contributed by atoms with van der Waals surface area (Å²) in [4.78, 5) is 10.0. The number of guanidine groups is 1. The summed E-state index contributed by atoms with van der Waals surface area (Å²) in [6.07, 6.45) is 1.85. The van der Waals surface area contributed by atoms with Crippen LogP contribution in [0.15, 0.2) is 27.9 Å². The molecule has 0 aliphatic heterocycles. The van der Waals surface area contributed by atoms with Crippen LogP contribution in [0.5, 0.6) is 0 Å². The third kappa shape index (κ3) is 7.20. The molecule has 8 heteroatoms. The lowest BCUT2D eigenvalue weighted by molar-refractivity contribution is 0.0711. The van der Waals surface area contributed by atoms with Crippen molar-refractivity contribution in [2.45, 2.75) is 39.2 Å². The number of thiophene rings is 1. The number of rotatable bonds is 8. The number of halogens is 1. The smallest absolute Gasteiger partial charge is 0.191 e. The van der Waals surface area contributed by atoms with Gasteiger partial charge >= 0.3 is 0 Å². The van der Waals surface area contributed by atoms with Crippen molar-refractivity contribution in [2.24, 2.45) is 4.99 Å². The molecule has 2 rings (SSSR count). The molecule has 2 aromatic rings. The number of nitrogens with zero attached hydrogens (tertiary/aromatic N) is 2. The SMILES string of the molecule is CCNC(=NCC(C)(O)c1cccs1)NCCc1csc(CC)n1.I. The van der Waals surface area contributed by atoms with Gasteiger partial charge in [0.25, 0.3) is 0 Å². The van der Waals surface area contributed by atoms with Gasteiger partial charge in [0.05, 0.1) is 17.2 Å².